The number of hydrogen-bond acceptors (Lipinski definition) is 5. The van der Waals surface area contributed by atoms with E-state index in [4.69, 9.17) is 9.15 Å². The molecule has 1 aliphatic rings. The maximum absolute atomic E-state index is 12.2. The van der Waals surface area contributed by atoms with Gasteiger partial charge in [0.25, 0.3) is 0 Å². The van der Waals surface area contributed by atoms with Crippen molar-refractivity contribution in [2.45, 2.75) is 32.6 Å². The molecule has 1 saturated heterocycles. The number of rotatable bonds is 3. The van der Waals surface area contributed by atoms with Crippen LogP contribution in [0.3, 0.4) is 0 Å². The summed E-state index contributed by atoms with van der Waals surface area (Å²) in [7, 11) is 1.60. The van der Waals surface area contributed by atoms with Gasteiger partial charge in [-0.3, -0.25) is 15.0 Å². The van der Waals surface area contributed by atoms with Crippen molar-refractivity contribution in [3.63, 3.8) is 0 Å². The van der Waals surface area contributed by atoms with Crippen LogP contribution in [0.2, 0.25) is 0 Å². The lowest BCUT2D eigenvalue weighted by atomic mass is 9.84. The van der Waals surface area contributed by atoms with Crippen LogP contribution in [0.4, 0.5) is 10.5 Å². The number of hydrogen-bond donors (Lipinski definition) is 1. The van der Waals surface area contributed by atoms with Gasteiger partial charge in [0.05, 0.1) is 18.9 Å². The second-order valence-corrected chi connectivity index (χ2v) is 6.92. The van der Waals surface area contributed by atoms with Crippen LogP contribution in [0, 0.1) is 0 Å². The van der Waals surface area contributed by atoms with Crippen molar-refractivity contribution in [3.8, 4) is 17.2 Å². The van der Waals surface area contributed by atoms with E-state index in [0.717, 1.165) is 5.56 Å². The third-order valence-corrected chi connectivity index (χ3v) is 4.11. The lowest BCUT2D eigenvalue weighted by molar-refractivity contribution is -0.120. The molecule has 0 atom stereocenters. The van der Waals surface area contributed by atoms with E-state index in [9.17, 15) is 9.59 Å². The Bertz CT molecular complexity index is 806. The Morgan fingerprint density at radius 2 is 2.04 bits per heavy atom. The fraction of sp³-hybridized carbons (Fsp3) is 0.389. The number of carbonyl (C=O) groups excluding carboxylic acids is 2. The normalized spacial score (nSPS) is 15.3. The number of nitrogens with one attached hydrogen (secondary N) is 1. The zero-order valence-corrected chi connectivity index (χ0v) is 14.8. The number of ether oxygens (including phenoxy) is 1. The number of amides is 3. The van der Waals surface area contributed by atoms with Crippen LogP contribution in [0.15, 0.2) is 29.0 Å². The third-order valence-electron chi connectivity index (χ3n) is 4.11. The van der Waals surface area contributed by atoms with Crippen LogP contribution in [0.5, 0.6) is 5.75 Å². The van der Waals surface area contributed by atoms with E-state index >= 15 is 0 Å². The highest BCUT2D eigenvalue weighted by atomic mass is 16.5. The molecule has 3 amide bonds. The first-order valence-corrected chi connectivity index (χ1v) is 8.05. The number of oxazole rings is 1. The van der Waals surface area contributed by atoms with Crippen LogP contribution in [0.1, 0.15) is 32.8 Å². The molecule has 1 aromatic heterocycles. The molecule has 3 rings (SSSR count). The van der Waals surface area contributed by atoms with E-state index in [1.165, 1.54) is 6.26 Å². The first-order chi connectivity index (χ1) is 11.8. The molecule has 0 bridgehead atoms. The summed E-state index contributed by atoms with van der Waals surface area (Å²) in [5.41, 5.74) is 2.03. The van der Waals surface area contributed by atoms with Gasteiger partial charge in [-0.1, -0.05) is 20.8 Å². The predicted molar refractivity (Wildman–Crippen MR) is 92.7 cm³/mol. The largest absolute Gasteiger partial charge is 0.496 e. The van der Waals surface area contributed by atoms with E-state index in [2.05, 4.69) is 31.1 Å². The van der Waals surface area contributed by atoms with E-state index in [0.29, 0.717) is 29.4 Å². The molecule has 1 fully saturated rings. The summed E-state index contributed by atoms with van der Waals surface area (Å²) in [5.74, 6) is 0.809. The highest BCUT2D eigenvalue weighted by Crippen LogP contribution is 2.42. The van der Waals surface area contributed by atoms with Gasteiger partial charge in [-0.2, -0.15) is 0 Å². The number of aromatic nitrogens is 1. The van der Waals surface area contributed by atoms with Gasteiger partial charge in [0.15, 0.2) is 0 Å². The van der Waals surface area contributed by atoms with E-state index in [1.54, 1.807) is 24.3 Å². The molecular formula is C18H21N3O4. The Morgan fingerprint density at radius 3 is 2.60 bits per heavy atom. The number of methoxy groups -OCH3 is 1. The Labute approximate surface area is 146 Å². The van der Waals surface area contributed by atoms with E-state index < -0.39 is 6.03 Å². The molecule has 2 aromatic rings. The molecule has 7 nitrogen and oxygen atoms in total. The summed E-state index contributed by atoms with van der Waals surface area (Å²) in [6.07, 6.45) is 3.31. The number of carbonyl (C=O) groups is 2. The Morgan fingerprint density at radius 1 is 1.28 bits per heavy atom. The molecule has 132 valence electrons. The topological polar surface area (TPSA) is 84.7 Å². The molecule has 0 saturated carbocycles. The molecule has 1 N–H and O–H groups in total. The Kier molecular flexibility index (Phi) is 4.24. The smallest absolute Gasteiger partial charge is 0.328 e. The van der Waals surface area contributed by atoms with Crippen LogP contribution >= 0.6 is 0 Å². The molecule has 1 aromatic carbocycles. The summed E-state index contributed by atoms with van der Waals surface area (Å²) in [6.45, 7) is 6.51. The van der Waals surface area contributed by atoms with Gasteiger partial charge in [-0.15, -0.1) is 0 Å². The molecular weight excluding hydrogens is 322 g/mol. The molecule has 0 radical (unpaired) electrons. The quantitative estimate of drug-likeness (QED) is 0.926. The minimum absolute atomic E-state index is 0.231. The molecule has 7 heteroatoms. The van der Waals surface area contributed by atoms with Crippen molar-refractivity contribution in [1.29, 1.82) is 0 Å². The van der Waals surface area contributed by atoms with E-state index in [-0.39, 0.29) is 17.7 Å². The molecule has 25 heavy (non-hydrogen) atoms. The van der Waals surface area contributed by atoms with Gasteiger partial charge in [0.1, 0.15) is 12.0 Å². The van der Waals surface area contributed by atoms with Crippen LogP contribution in [-0.4, -0.2) is 30.6 Å². The van der Waals surface area contributed by atoms with Crippen molar-refractivity contribution >= 4 is 17.6 Å². The van der Waals surface area contributed by atoms with Crippen molar-refractivity contribution in [1.82, 2.24) is 10.3 Å². The monoisotopic (exact) mass is 343 g/mol. The SMILES string of the molecule is COc1c(-c2ncco2)cc(N2CCC(=O)NC2=O)cc1C(C)(C)C. The summed E-state index contributed by atoms with van der Waals surface area (Å²) in [4.78, 5) is 29.4. The lowest BCUT2D eigenvalue weighted by Crippen LogP contribution is -2.49. The molecule has 1 aliphatic heterocycles. The predicted octanol–water partition coefficient (Wildman–Crippen LogP) is 3.09. The summed E-state index contributed by atoms with van der Waals surface area (Å²) in [6, 6.07) is 3.29. The second-order valence-electron chi connectivity index (χ2n) is 6.92. The second kappa shape index (κ2) is 6.23. The van der Waals surface area contributed by atoms with Crippen molar-refractivity contribution in [3.05, 3.63) is 30.2 Å². The average Bonchev–Trinajstić information content (AvgIpc) is 3.07. The zero-order valence-electron chi connectivity index (χ0n) is 14.8. The number of urea groups is 1. The van der Waals surface area contributed by atoms with Crippen molar-refractivity contribution < 1.29 is 18.7 Å². The Balaban J connectivity index is 2.18. The highest BCUT2D eigenvalue weighted by molar-refractivity contribution is 6.06. The molecule has 0 aliphatic carbocycles. The van der Waals surface area contributed by atoms with Gasteiger partial charge in [0.2, 0.25) is 11.8 Å². The number of nitrogens with zero attached hydrogens (tertiary/aromatic N) is 2. The number of benzene rings is 1. The molecule has 2 heterocycles. The average molecular weight is 343 g/mol. The van der Waals surface area contributed by atoms with E-state index in [1.807, 2.05) is 6.07 Å². The highest BCUT2D eigenvalue weighted by Gasteiger charge is 2.29. The third kappa shape index (κ3) is 3.22. The van der Waals surface area contributed by atoms with Crippen LogP contribution in [0.25, 0.3) is 11.5 Å². The maximum atomic E-state index is 12.2. The maximum Gasteiger partial charge on any atom is 0.328 e. The van der Waals surface area contributed by atoms with Gasteiger partial charge in [-0.25, -0.2) is 9.78 Å². The van der Waals surface area contributed by atoms with Gasteiger partial charge >= 0.3 is 6.03 Å². The number of imide groups is 1. The fourth-order valence-corrected chi connectivity index (χ4v) is 2.87. The van der Waals surface area contributed by atoms with Gasteiger partial charge in [0, 0.05) is 24.2 Å². The standard InChI is InChI=1S/C18H21N3O4/c1-18(2,3)13-10-11(21-7-5-14(22)20-17(21)23)9-12(15(13)24-4)16-19-6-8-25-16/h6,8-10H,5,7H2,1-4H3,(H,20,22,23). The minimum atomic E-state index is -0.431. The minimum Gasteiger partial charge on any atom is -0.496 e. The first kappa shape index (κ1) is 17.0. The molecule has 0 spiro atoms. The zero-order chi connectivity index (χ0) is 18.2. The van der Waals surface area contributed by atoms with Crippen molar-refractivity contribution in [2.24, 2.45) is 0 Å². The number of anilines is 1. The van der Waals surface area contributed by atoms with Crippen LogP contribution in [-0.2, 0) is 10.2 Å². The Hall–Kier alpha value is -2.83. The first-order valence-electron chi connectivity index (χ1n) is 8.05. The lowest BCUT2D eigenvalue weighted by Gasteiger charge is -2.30. The van der Waals surface area contributed by atoms with Crippen molar-refractivity contribution in [2.75, 3.05) is 18.6 Å². The summed E-state index contributed by atoms with van der Waals surface area (Å²) >= 11 is 0. The van der Waals surface area contributed by atoms with Crippen LogP contribution < -0.4 is 15.0 Å². The van der Waals surface area contributed by atoms with Gasteiger partial charge < -0.3 is 9.15 Å². The summed E-state index contributed by atoms with van der Waals surface area (Å²) < 4.78 is 11.1. The summed E-state index contributed by atoms with van der Waals surface area (Å²) in [5, 5.41) is 2.35. The molecule has 0 unspecified atom stereocenters. The van der Waals surface area contributed by atoms with Gasteiger partial charge in [-0.05, 0) is 17.5 Å². The fourth-order valence-electron chi connectivity index (χ4n) is 2.87.